The van der Waals surface area contributed by atoms with Crippen LogP contribution in [0.2, 0.25) is 0 Å². The van der Waals surface area contributed by atoms with Crippen LogP contribution in [0.3, 0.4) is 0 Å². The Labute approximate surface area is 142 Å². The number of fused-ring (bicyclic) bond motifs is 1. The summed E-state index contributed by atoms with van der Waals surface area (Å²) >= 11 is 0. The number of likely N-dealkylation sites (tertiary alicyclic amines) is 1. The van der Waals surface area contributed by atoms with E-state index in [2.05, 4.69) is 0 Å². The van der Waals surface area contributed by atoms with E-state index in [1.54, 1.807) is 29.7 Å². The number of pyridine rings is 1. The highest BCUT2D eigenvalue weighted by atomic mass is 16.5. The Bertz CT molecular complexity index is 712. The minimum Gasteiger partial charge on any atom is -0.384 e. The third-order valence-electron chi connectivity index (χ3n) is 5.56. The van der Waals surface area contributed by atoms with Crippen LogP contribution in [0.1, 0.15) is 28.5 Å². The number of carbonyl (C=O) groups is 1. The lowest BCUT2D eigenvalue weighted by molar-refractivity contribution is 0.0488. The topological polar surface area (TPSA) is 60.8 Å². The molecule has 0 aliphatic carbocycles. The highest BCUT2D eigenvalue weighted by molar-refractivity contribution is 5.94. The van der Waals surface area contributed by atoms with Crippen LogP contribution >= 0.6 is 0 Å². The molecule has 2 fully saturated rings. The lowest BCUT2D eigenvalue weighted by atomic mass is 9.82. The van der Waals surface area contributed by atoms with Crippen molar-refractivity contribution in [3.8, 4) is 0 Å². The van der Waals surface area contributed by atoms with Gasteiger partial charge >= 0.3 is 0 Å². The number of rotatable bonds is 4. The monoisotopic (exact) mass is 334 g/mol. The Kier molecular flexibility index (Phi) is 4.53. The molecule has 1 aromatic rings. The van der Waals surface area contributed by atoms with E-state index >= 15 is 0 Å². The number of methoxy groups -OCH3 is 1. The summed E-state index contributed by atoms with van der Waals surface area (Å²) in [5.41, 5.74) is 1.88. The van der Waals surface area contributed by atoms with E-state index in [4.69, 9.17) is 9.47 Å². The van der Waals surface area contributed by atoms with E-state index in [-0.39, 0.29) is 28.4 Å². The van der Waals surface area contributed by atoms with Crippen molar-refractivity contribution < 1.29 is 14.3 Å². The molecule has 3 rings (SSSR count). The van der Waals surface area contributed by atoms with Gasteiger partial charge in [0.2, 0.25) is 0 Å². The number of aryl methyl sites for hydroxylation is 1. The summed E-state index contributed by atoms with van der Waals surface area (Å²) in [6, 6.07) is 1.75. The Balaban J connectivity index is 1.90. The molecule has 6 heteroatoms. The van der Waals surface area contributed by atoms with Crippen molar-refractivity contribution in [3.63, 3.8) is 0 Å². The summed E-state index contributed by atoms with van der Waals surface area (Å²) in [6.45, 7) is 7.02. The molecule has 2 aliphatic heterocycles. The van der Waals surface area contributed by atoms with Crippen LogP contribution in [-0.4, -0.2) is 55.4 Å². The van der Waals surface area contributed by atoms with Crippen LogP contribution in [0.25, 0.3) is 0 Å². The molecule has 0 spiro atoms. The lowest BCUT2D eigenvalue weighted by Crippen LogP contribution is -2.39. The average molecular weight is 334 g/mol. The zero-order valence-electron chi connectivity index (χ0n) is 14.9. The first kappa shape index (κ1) is 17.2. The molecule has 2 aliphatic rings. The van der Waals surface area contributed by atoms with Gasteiger partial charge in [-0.1, -0.05) is 6.92 Å². The van der Waals surface area contributed by atoms with Crippen molar-refractivity contribution in [1.29, 1.82) is 0 Å². The molecule has 0 aromatic carbocycles. The van der Waals surface area contributed by atoms with Gasteiger partial charge in [0, 0.05) is 44.3 Å². The highest BCUT2D eigenvalue weighted by Gasteiger charge is 2.52. The summed E-state index contributed by atoms with van der Waals surface area (Å²) in [5, 5.41) is 0. The van der Waals surface area contributed by atoms with Crippen LogP contribution in [0, 0.1) is 18.3 Å². The fourth-order valence-electron chi connectivity index (χ4n) is 4.25. The maximum absolute atomic E-state index is 13.0. The quantitative estimate of drug-likeness (QED) is 0.824. The standard InChI is InChI=1S/C18H26N2O4/c1-5-15-12(2)6-14(16(21)19(15)3)17(22)20-7-13-8-24-11-18(13,9-20)10-23-4/h6,13H,5,7-11H2,1-4H3/t13-,18-/m0/s1. The summed E-state index contributed by atoms with van der Waals surface area (Å²) < 4.78 is 12.6. The Morgan fingerprint density at radius 1 is 1.50 bits per heavy atom. The van der Waals surface area contributed by atoms with Crippen molar-refractivity contribution in [2.24, 2.45) is 18.4 Å². The molecule has 132 valence electrons. The zero-order chi connectivity index (χ0) is 17.5. The van der Waals surface area contributed by atoms with Gasteiger partial charge in [0.05, 0.1) is 19.8 Å². The molecule has 0 radical (unpaired) electrons. The van der Waals surface area contributed by atoms with Crippen LogP contribution in [-0.2, 0) is 22.9 Å². The Morgan fingerprint density at radius 3 is 2.92 bits per heavy atom. The SMILES string of the molecule is CCc1c(C)cc(C(=O)N2C[C@H]3COC[C@@]3(COC)C2)c(=O)n1C. The fraction of sp³-hybridized carbons (Fsp3) is 0.667. The molecule has 24 heavy (non-hydrogen) atoms. The molecule has 1 amide bonds. The normalized spacial score (nSPS) is 26.0. The number of hydrogen-bond acceptors (Lipinski definition) is 4. The van der Waals surface area contributed by atoms with Crippen molar-refractivity contribution in [2.75, 3.05) is 40.0 Å². The maximum Gasteiger partial charge on any atom is 0.263 e. The Morgan fingerprint density at radius 2 is 2.25 bits per heavy atom. The minimum absolute atomic E-state index is 0.131. The molecule has 1 aromatic heterocycles. The Hall–Kier alpha value is -1.66. The maximum atomic E-state index is 13.0. The van der Waals surface area contributed by atoms with Gasteiger partial charge in [-0.15, -0.1) is 0 Å². The summed E-state index contributed by atoms with van der Waals surface area (Å²) in [7, 11) is 3.42. The number of nitrogens with zero attached hydrogens (tertiary/aromatic N) is 2. The first-order valence-electron chi connectivity index (χ1n) is 8.49. The minimum atomic E-state index is -0.212. The molecule has 0 unspecified atom stereocenters. The van der Waals surface area contributed by atoms with E-state index in [0.29, 0.717) is 32.9 Å². The second kappa shape index (κ2) is 6.33. The molecular weight excluding hydrogens is 308 g/mol. The zero-order valence-corrected chi connectivity index (χ0v) is 14.9. The third-order valence-corrected chi connectivity index (χ3v) is 5.56. The fourth-order valence-corrected chi connectivity index (χ4v) is 4.25. The molecule has 2 saturated heterocycles. The average Bonchev–Trinajstić information content (AvgIpc) is 3.08. The molecule has 0 saturated carbocycles. The smallest absolute Gasteiger partial charge is 0.263 e. The van der Waals surface area contributed by atoms with Gasteiger partial charge in [-0.05, 0) is 25.0 Å². The number of amides is 1. The third kappa shape index (κ3) is 2.58. The van der Waals surface area contributed by atoms with Crippen LogP contribution < -0.4 is 5.56 Å². The van der Waals surface area contributed by atoms with Gasteiger partial charge in [0.25, 0.3) is 11.5 Å². The van der Waals surface area contributed by atoms with Crippen LogP contribution in [0.5, 0.6) is 0 Å². The van der Waals surface area contributed by atoms with Gasteiger partial charge in [0.15, 0.2) is 0 Å². The largest absolute Gasteiger partial charge is 0.384 e. The molecular formula is C18H26N2O4. The first-order valence-corrected chi connectivity index (χ1v) is 8.49. The highest BCUT2D eigenvalue weighted by Crippen LogP contribution is 2.41. The van der Waals surface area contributed by atoms with Crippen molar-refractivity contribution >= 4 is 5.91 Å². The predicted octanol–water partition coefficient (Wildman–Crippen LogP) is 0.991. The second-order valence-electron chi connectivity index (χ2n) is 7.10. The van der Waals surface area contributed by atoms with Gasteiger partial charge in [-0.25, -0.2) is 0 Å². The summed E-state index contributed by atoms with van der Waals surface area (Å²) in [6.07, 6.45) is 0.770. The van der Waals surface area contributed by atoms with Crippen molar-refractivity contribution in [3.05, 3.63) is 33.2 Å². The summed E-state index contributed by atoms with van der Waals surface area (Å²) in [5.74, 6) is 0.104. The lowest BCUT2D eigenvalue weighted by Gasteiger charge is -2.26. The van der Waals surface area contributed by atoms with E-state index in [9.17, 15) is 9.59 Å². The first-order chi connectivity index (χ1) is 11.4. The van der Waals surface area contributed by atoms with Gasteiger partial charge in [-0.2, -0.15) is 0 Å². The van der Waals surface area contributed by atoms with Gasteiger partial charge < -0.3 is 18.9 Å². The second-order valence-corrected chi connectivity index (χ2v) is 7.10. The predicted molar refractivity (Wildman–Crippen MR) is 90.3 cm³/mol. The molecule has 2 atom stereocenters. The van der Waals surface area contributed by atoms with E-state index in [1.165, 1.54) is 0 Å². The van der Waals surface area contributed by atoms with Gasteiger partial charge in [-0.3, -0.25) is 9.59 Å². The number of carbonyl (C=O) groups excluding carboxylic acids is 1. The van der Waals surface area contributed by atoms with Crippen molar-refractivity contribution in [1.82, 2.24) is 9.47 Å². The van der Waals surface area contributed by atoms with Crippen LogP contribution in [0.15, 0.2) is 10.9 Å². The van der Waals surface area contributed by atoms with Crippen LogP contribution in [0.4, 0.5) is 0 Å². The van der Waals surface area contributed by atoms with E-state index in [0.717, 1.165) is 17.7 Å². The molecule has 6 nitrogen and oxygen atoms in total. The molecule has 0 bridgehead atoms. The summed E-state index contributed by atoms with van der Waals surface area (Å²) in [4.78, 5) is 27.4. The van der Waals surface area contributed by atoms with E-state index in [1.807, 2.05) is 13.8 Å². The number of hydrogen-bond donors (Lipinski definition) is 0. The van der Waals surface area contributed by atoms with Crippen molar-refractivity contribution in [2.45, 2.75) is 20.3 Å². The molecule has 3 heterocycles. The van der Waals surface area contributed by atoms with Gasteiger partial charge in [0.1, 0.15) is 5.56 Å². The van der Waals surface area contributed by atoms with E-state index < -0.39 is 0 Å². The number of aromatic nitrogens is 1. The molecule has 0 N–H and O–H groups in total. The number of ether oxygens (including phenoxy) is 2.